The number of amides is 2. The van der Waals surface area contributed by atoms with Crippen molar-refractivity contribution in [1.82, 2.24) is 10.6 Å². The summed E-state index contributed by atoms with van der Waals surface area (Å²) in [4.78, 5) is 11.4. The summed E-state index contributed by atoms with van der Waals surface area (Å²) in [7, 11) is 0. The molecule has 17 heavy (non-hydrogen) atoms. The summed E-state index contributed by atoms with van der Waals surface area (Å²) in [5.41, 5.74) is 3.85. The van der Waals surface area contributed by atoms with Gasteiger partial charge in [0, 0.05) is 12.6 Å². The second-order valence-corrected chi connectivity index (χ2v) is 4.47. The van der Waals surface area contributed by atoms with Gasteiger partial charge in [0.1, 0.15) is 6.67 Å². The fourth-order valence-corrected chi connectivity index (χ4v) is 2.25. The average Bonchev–Trinajstić information content (AvgIpc) is 2.67. The van der Waals surface area contributed by atoms with Crippen LogP contribution in [-0.4, -0.2) is 25.3 Å². The Labute approximate surface area is 100 Å². The van der Waals surface area contributed by atoms with E-state index in [-0.39, 0.29) is 18.6 Å². The third-order valence-electron chi connectivity index (χ3n) is 3.01. The lowest BCUT2D eigenvalue weighted by Gasteiger charge is -2.12. The van der Waals surface area contributed by atoms with Gasteiger partial charge in [-0.2, -0.15) is 0 Å². The number of rotatable bonds is 3. The molecule has 1 atom stereocenters. The number of aryl methyl sites for hydroxylation is 1. The van der Waals surface area contributed by atoms with Crippen molar-refractivity contribution in [2.45, 2.75) is 25.8 Å². The molecule has 0 saturated carbocycles. The van der Waals surface area contributed by atoms with E-state index in [1.54, 1.807) is 0 Å². The van der Waals surface area contributed by atoms with E-state index in [0.29, 0.717) is 0 Å². The second-order valence-electron chi connectivity index (χ2n) is 4.47. The highest BCUT2D eigenvalue weighted by Gasteiger charge is 2.22. The molecule has 1 aromatic rings. The molecule has 3 nitrogen and oxygen atoms in total. The predicted molar refractivity (Wildman–Crippen MR) is 64.9 cm³/mol. The van der Waals surface area contributed by atoms with Crippen molar-refractivity contribution in [2.24, 2.45) is 0 Å². The maximum atomic E-state index is 11.9. The number of urea groups is 1. The van der Waals surface area contributed by atoms with Crippen LogP contribution in [-0.2, 0) is 12.8 Å². The van der Waals surface area contributed by atoms with Gasteiger partial charge >= 0.3 is 6.03 Å². The Kier molecular flexibility index (Phi) is 3.61. The molecule has 2 rings (SSSR count). The molecule has 0 fully saturated rings. The second kappa shape index (κ2) is 5.17. The van der Waals surface area contributed by atoms with E-state index < -0.39 is 6.67 Å². The van der Waals surface area contributed by atoms with E-state index in [0.717, 1.165) is 12.8 Å². The first-order chi connectivity index (χ1) is 8.19. The van der Waals surface area contributed by atoms with Crippen molar-refractivity contribution in [2.75, 3.05) is 13.2 Å². The summed E-state index contributed by atoms with van der Waals surface area (Å²) < 4.78 is 11.9. The van der Waals surface area contributed by atoms with Crippen molar-refractivity contribution in [3.05, 3.63) is 34.9 Å². The van der Waals surface area contributed by atoms with Gasteiger partial charge in [-0.1, -0.05) is 23.8 Å². The molecule has 0 bridgehead atoms. The fraction of sp³-hybridized carbons (Fsp3) is 0.462. The Morgan fingerprint density at radius 1 is 1.41 bits per heavy atom. The molecule has 0 aromatic heterocycles. The van der Waals surface area contributed by atoms with Crippen LogP contribution in [0.5, 0.6) is 0 Å². The predicted octanol–water partition coefficient (Wildman–Crippen LogP) is 1.73. The van der Waals surface area contributed by atoms with Crippen LogP contribution >= 0.6 is 0 Å². The zero-order valence-electron chi connectivity index (χ0n) is 9.92. The summed E-state index contributed by atoms with van der Waals surface area (Å²) in [5.74, 6) is 0. The van der Waals surface area contributed by atoms with Gasteiger partial charge in [0.25, 0.3) is 0 Å². The van der Waals surface area contributed by atoms with Crippen molar-refractivity contribution in [1.29, 1.82) is 0 Å². The third-order valence-corrected chi connectivity index (χ3v) is 3.01. The molecule has 2 N–H and O–H groups in total. The Morgan fingerprint density at radius 2 is 2.18 bits per heavy atom. The fourth-order valence-electron chi connectivity index (χ4n) is 2.25. The Hall–Kier alpha value is -1.58. The molecule has 1 aliphatic rings. The van der Waals surface area contributed by atoms with Crippen molar-refractivity contribution < 1.29 is 9.18 Å². The molecule has 0 radical (unpaired) electrons. The molecule has 2 amide bonds. The molecule has 1 aliphatic carbocycles. The minimum Gasteiger partial charge on any atom is -0.336 e. The summed E-state index contributed by atoms with van der Waals surface area (Å²) in [6.07, 6.45) is 1.72. The smallest absolute Gasteiger partial charge is 0.315 e. The van der Waals surface area contributed by atoms with Crippen LogP contribution in [0.1, 0.15) is 16.7 Å². The van der Waals surface area contributed by atoms with Crippen molar-refractivity contribution in [3.63, 3.8) is 0 Å². The first-order valence-electron chi connectivity index (χ1n) is 5.88. The first-order valence-corrected chi connectivity index (χ1v) is 5.88. The molecular weight excluding hydrogens is 219 g/mol. The van der Waals surface area contributed by atoms with Gasteiger partial charge in [0.2, 0.25) is 0 Å². The SMILES string of the molecule is Cc1ccc2c(c1)CC(NC(=O)NCCF)C2. The summed E-state index contributed by atoms with van der Waals surface area (Å²) in [6, 6.07) is 6.22. The monoisotopic (exact) mass is 236 g/mol. The number of halogens is 1. The number of nitrogens with one attached hydrogen (secondary N) is 2. The highest BCUT2D eigenvalue weighted by atomic mass is 19.1. The summed E-state index contributed by atoms with van der Waals surface area (Å²) >= 11 is 0. The number of alkyl halides is 1. The van der Waals surface area contributed by atoms with Gasteiger partial charge in [0.05, 0.1) is 0 Å². The molecule has 4 heteroatoms. The van der Waals surface area contributed by atoms with Crippen LogP contribution in [0.15, 0.2) is 18.2 Å². The Balaban J connectivity index is 1.89. The van der Waals surface area contributed by atoms with E-state index in [4.69, 9.17) is 0 Å². The molecular formula is C13H17FN2O. The molecule has 0 heterocycles. The normalized spacial score (nSPS) is 17.6. The van der Waals surface area contributed by atoms with Gasteiger partial charge in [-0.3, -0.25) is 0 Å². The lowest BCUT2D eigenvalue weighted by Crippen LogP contribution is -2.43. The lowest BCUT2D eigenvalue weighted by molar-refractivity contribution is 0.236. The molecule has 92 valence electrons. The third kappa shape index (κ3) is 2.96. The number of carbonyl (C=O) groups excluding carboxylic acids is 1. The van der Waals surface area contributed by atoms with Crippen LogP contribution in [0, 0.1) is 6.92 Å². The molecule has 0 saturated heterocycles. The van der Waals surface area contributed by atoms with Crippen LogP contribution in [0.3, 0.4) is 0 Å². The standard InChI is InChI=1S/C13H17FN2O/c1-9-2-3-10-7-12(8-11(10)6-9)16-13(17)15-5-4-14/h2-3,6,12H,4-5,7-8H2,1H3,(H2,15,16,17). The minimum absolute atomic E-state index is 0.0740. The quantitative estimate of drug-likeness (QED) is 0.824. The minimum atomic E-state index is -0.530. The topological polar surface area (TPSA) is 41.1 Å². The van der Waals surface area contributed by atoms with E-state index in [9.17, 15) is 9.18 Å². The first kappa shape index (κ1) is 11.9. The zero-order valence-corrected chi connectivity index (χ0v) is 9.92. The number of hydrogen-bond acceptors (Lipinski definition) is 1. The van der Waals surface area contributed by atoms with E-state index in [1.807, 2.05) is 0 Å². The average molecular weight is 236 g/mol. The number of hydrogen-bond donors (Lipinski definition) is 2. The summed E-state index contributed by atoms with van der Waals surface area (Å²) in [5, 5.41) is 5.34. The van der Waals surface area contributed by atoms with E-state index in [2.05, 4.69) is 35.8 Å². The van der Waals surface area contributed by atoms with Crippen molar-refractivity contribution in [3.8, 4) is 0 Å². The number of fused-ring (bicyclic) bond motifs is 1. The number of carbonyl (C=O) groups is 1. The molecule has 0 aliphatic heterocycles. The molecule has 1 unspecified atom stereocenters. The maximum Gasteiger partial charge on any atom is 0.315 e. The van der Waals surface area contributed by atoms with Crippen LogP contribution in [0.4, 0.5) is 9.18 Å². The van der Waals surface area contributed by atoms with Gasteiger partial charge in [-0.15, -0.1) is 0 Å². The number of benzene rings is 1. The highest BCUT2D eigenvalue weighted by molar-refractivity contribution is 5.74. The lowest BCUT2D eigenvalue weighted by atomic mass is 10.1. The Morgan fingerprint density at radius 3 is 2.94 bits per heavy atom. The van der Waals surface area contributed by atoms with Crippen molar-refractivity contribution >= 4 is 6.03 Å². The maximum absolute atomic E-state index is 11.9. The van der Waals surface area contributed by atoms with Gasteiger partial charge in [-0.05, 0) is 30.9 Å². The zero-order chi connectivity index (χ0) is 12.3. The van der Waals surface area contributed by atoms with Gasteiger partial charge in [-0.25, -0.2) is 9.18 Å². The largest absolute Gasteiger partial charge is 0.336 e. The van der Waals surface area contributed by atoms with Gasteiger partial charge in [0.15, 0.2) is 0 Å². The molecule has 0 spiro atoms. The van der Waals surface area contributed by atoms with Crippen LogP contribution in [0.2, 0.25) is 0 Å². The van der Waals surface area contributed by atoms with E-state index >= 15 is 0 Å². The summed E-state index contributed by atoms with van der Waals surface area (Å²) in [6.45, 7) is 1.61. The Bertz CT molecular complexity index is 420. The van der Waals surface area contributed by atoms with E-state index in [1.165, 1.54) is 16.7 Å². The van der Waals surface area contributed by atoms with Gasteiger partial charge < -0.3 is 10.6 Å². The van der Waals surface area contributed by atoms with Crippen LogP contribution in [0.25, 0.3) is 0 Å². The highest BCUT2D eigenvalue weighted by Crippen LogP contribution is 2.23. The molecule has 1 aromatic carbocycles. The van der Waals surface area contributed by atoms with Crippen LogP contribution < -0.4 is 10.6 Å².